The number of ether oxygens (including phenoxy) is 1. The fourth-order valence-corrected chi connectivity index (χ4v) is 1.92. The summed E-state index contributed by atoms with van der Waals surface area (Å²) in [5.41, 5.74) is 6.48. The number of fused-ring (bicyclic) bond motifs is 1. The lowest BCUT2D eigenvalue weighted by Crippen LogP contribution is -2.01. The molecule has 0 spiro atoms. The smallest absolute Gasteiger partial charge is 0.227 e. The second kappa shape index (κ2) is 5.04. The van der Waals surface area contributed by atoms with E-state index in [1.54, 1.807) is 12.4 Å². The van der Waals surface area contributed by atoms with E-state index in [9.17, 15) is 0 Å². The monoisotopic (exact) mass is 251 g/mol. The zero-order valence-electron chi connectivity index (χ0n) is 10.3. The molecule has 0 atom stereocenters. The molecule has 0 amide bonds. The number of nitrogens with two attached hydrogens (primary N) is 1. The highest BCUT2D eigenvalue weighted by atomic mass is 16.5. The van der Waals surface area contributed by atoms with Crippen LogP contribution in [0.4, 0.5) is 0 Å². The van der Waals surface area contributed by atoms with Crippen molar-refractivity contribution in [1.29, 1.82) is 0 Å². The summed E-state index contributed by atoms with van der Waals surface area (Å²) in [6, 6.07) is 13.6. The van der Waals surface area contributed by atoms with E-state index in [4.69, 9.17) is 10.5 Å². The van der Waals surface area contributed by atoms with Gasteiger partial charge in [-0.05, 0) is 29.7 Å². The highest BCUT2D eigenvalue weighted by molar-refractivity contribution is 5.87. The molecule has 1 aromatic carbocycles. The van der Waals surface area contributed by atoms with Gasteiger partial charge in [-0.15, -0.1) is 0 Å². The van der Waals surface area contributed by atoms with E-state index in [0.29, 0.717) is 18.2 Å². The Morgan fingerprint density at radius 1 is 1.11 bits per heavy atom. The molecule has 2 N–H and O–H groups in total. The summed E-state index contributed by atoms with van der Waals surface area (Å²) in [7, 11) is 0. The molecule has 0 fully saturated rings. The summed E-state index contributed by atoms with van der Waals surface area (Å²) in [4.78, 5) is 8.47. The summed E-state index contributed by atoms with van der Waals surface area (Å²) in [6.07, 6.45) is 3.36. The first kappa shape index (κ1) is 11.6. The third kappa shape index (κ3) is 2.39. The van der Waals surface area contributed by atoms with Gasteiger partial charge in [0.05, 0.1) is 11.9 Å². The van der Waals surface area contributed by atoms with Crippen LogP contribution in [0.2, 0.25) is 0 Å². The van der Waals surface area contributed by atoms with Crippen molar-refractivity contribution < 1.29 is 4.74 Å². The highest BCUT2D eigenvalue weighted by Gasteiger charge is 2.07. The van der Waals surface area contributed by atoms with Crippen LogP contribution in [0, 0.1) is 0 Å². The average molecular weight is 251 g/mol. The van der Waals surface area contributed by atoms with Gasteiger partial charge in [0.25, 0.3) is 0 Å². The van der Waals surface area contributed by atoms with Crippen LogP contribution in [0.15, 0.2) is 54.9 Å². The molecule has 2 heterocycles. The number of hydrogen-bond acceptors (Lipinski definition) is 4. The second-order valence-corrected chi connectivity index (χ2v) is 4.13. The van der Waals surface area contributed by atoms with Gasteiger partial charge in [-0.25, -0.2) is 4.98 Å². The molecule has 0 saturated heterocycles. The maximum Gasteiger partial charge on any atom is 0.227 e. The molecule has 4 nitrogen and oxygen atoms in total. The summed E-state index contributed by atoms with van der Waals surface area (Å²) in [5, 5.41) is 2.03. The van der Waals surface area contributed by atoms with Gasteiger partial charge in [0, 0.05) is 18.1 Å². The Balaban J connectivity index is 2.11. The van der Waals surface area contributed by atoms with Crippen LogP contribution in [-0.4, -0.2) is 9.97 Å². The molecule has 3 aromatic rings. The molecule has 0 unspecified atom stereocenters. The minimum absolute atomic E-state index is 0.383. The minimum Gasteiger partial charge on any atom is -0.437 e. The molecule has 0 aliphatic carbocycles. The Labute approximate surface area is 110 Å². The lowest BCUT2D eigenvalue weighted by atomic mass is 10.1. The predicted octanol–water partition coefficient (Wildman–Crippen LogP) is 2.88. The van der Waals surface area contributed by atoms with Crippen LogP contribution >= 0.6 is 0 Å². The predicted molar refractivity (Wildman–Crippen MR) is 73.9 cm³/mol. The topological polar surface area (TPSA) is 61.0 Å². The highest BCUT2D eigenvalue weighted by Crippen LogP contribution is 2.28. The number of aromatic nitrogens is 2. The average Bonchev–Trinajstić information content (AvgIpc) is 2.48. The van der Waals surface area contributed by atoms with Crippen molar-refractivity contribution in [2.45, 2.75) is 6.54 Å². The first-order valence-electron chi connectivity index (χ1n) is 6.03. The van der Waals surface area contributed by atoms with Crippen molar-refractivity contribution in [3.8, 4) is 11.6 Å². The Kier molecular flexibility index (Phi) is 3.08. The third-order valence-electron chi connectivity index (χ3n) is 2.82. The van der Waals surface area contributed by atoms with E-state index in [2.05, 4.69) is 9.97 Å². The summed E-state index contributed by atoms with van der Waals surface area (Å²) >= 11 is 0. The van der Waals surface area contributed by atoms with Gasteiger partial charge in [0.2, 0.25) is 5.88 Å². The van der Waals surface area contributed by atoms with Crippen molar-refractivity contribution in [1.82, 2.24) is 9.97 Å². The molecule has 0 aliphatic rings. The van der Waals surface area contributed by atoms with Gasteiger partial charge in [0.15, 0.2) is 0 Å². The van der Waals surface area contributed by atoms with Crippen molar-refractivity contribution in [2.75, 3.05) is 0 Å². The van der Waals surface area contributed by atoms with Gasteiger partial charge in [-0.1, -0.05) is 18.2 Å². The van der Waals surface area contributed by atoms with Crippen LogP contribution in [-0.2, 0) is 6.54 Å². The molecule has 3 rings (SSSR count). The molecular weight excluding hydrogens is 238 g/mol. The number of pyridine rings is 2. The van der Waals surface area contributed by atoms with Crippen LogP contribution in [0.5, 0.6) is 11.6 Å². The van der Waals surface area contributed by atoms with Crippen LogP contribution in [0.1, 0.15) is 5.69 Å². The Morgan fingerprint density at radius 3 is 2.79 bits per heavy atom. The molecule has 0 aliphatic heterocycles. The second-order valence-electron chi connectivity index (χ2n) is 4.13. The molecule has 94 valence electrons. The van der Waals surface area contributed by atoms with Crippen LogP contribution < -0.4 is 10.5 Å². The lowest BCUT2D eigenvalue weighted by Gasteiger charge is -2.09. The van der Waals surface area contributed by atoms with Gasteiger partial charge in [-0.3, -0.25) is 4.98 Å². The quantitative estimate of drug-likeness (QED) is 0.777. The van der Waals surface area contributed by atoms with E-state index < -0.39 is 0 Å². The number of nitrogens with zero attached hydrogens (tertiary/aromatic N) is 2. The normalized spacial score (nSPS) is 10.6. The first-order valence-corrected chi connectivity index (χ1v) is 6.03. The molecular formula is C15H13N3O. The fraction of sp³-hybridized carbons (Fsp3) is 0.0667. The van der Waals surface area contributed by atoms with Gasteiger partial charge < -0.3 is 10.5 Å². The maximum absolute atomic E-state index is 5.80. The maximum atomic E-state index is 5.80. The SMILES string of the molecule is NCc1cc2ccccc2c(Oc2cccnc2)n1. The van der Waals surface area contributed by atoms with Crippen LogP contribution in [0.25, 0.3) is 10.8 Å². The van der Waals surface area contributed by atoms with Crippen molar-refractivity contribution >= 4 is 10.8 Å². The molecule has 0 radical (unpaired) electrons. The summed E-state index contributed by atoms with van der Waals surface area (Å²) < 4.78 is 5.80. The molecule has 0 saturated carbocycles. The van der Waals surface area contributed by atoms with Gasteiger partial charge >= 0.3 is 0 Å². The van der Waals surface area contributed by atoms with E-state index >= 15 is 0 Å². The van der Waals surface area contributed by atoms with Crippen molar-refractivity contribution in [3.63, 3.8) is 0 Å². The number of hydrogen-bond donors (Lipinski definition) is 1. The van der Waals surface area contributed by atoms with Gasteiger partial charge in [0.1, 0.15) is 5.75 Å². The van der Waals surface area contributed by atoms with Crippen LogP contribution in [0.3, 0.4) is 0 Å². The molecule has 19 heavy (non-hydrogen) atoms. The number of rotatable bonds is 3. The number of benzene rings is 1. The van der Waals surface area contributed by atoms with E-state index in [1.807, 2.05) is 42.5 Å². The van der Waals surface area contributed by atoms with Crippen molar-refractivity contribution in [2.24, 2.45) is 5.73 Å². The van der Waals surface area contributed by atoms with E-state index in [0.717, 1.165) is 16.5 Å². The molecule has 4 heteroatoms. The third-order valence-corrected chi connectivity index (χ3v) is 2.82. The minimum atomic E-state index is 0.383. The standard InChI is InChI=1S/C15H13N3O/c16-9-12-8-11-4-1-2-6-14(11)15(18-12)19-13-5-3-7-17-10-13/h1-8,10H,9,16H2. The van der Waals surface area contributed by atoms with Crippen molar-refractivity contribution in [3.05, 3.63) is 60.6 Å². The Hall–Kier alpha value is -2.46. The summed E-state index contributed by atoms with van der Waals surface area (Å²) in [6.45, 7) is 0.383. The zero-order chi connectivity index (χ0) is 13.1. The first-order chi connectivity index (χ1) is 9.36. The molecule has 0 bridgehead atoms. The Bertz CT molecular complexity index is 698. The van der Waals surface area contributed by atoms with E-state index in [-0.39, 0.29) is 0 Å². The Morgan fingerprint density at radius 2 is 2.00 bits per heavy atom. The zero-order valence-corrected chi connectivity index (χ0v) is 10.3. The fourth-order valence-electron chi connectivity index (χ4n) is 1.92. The largest absolute Gasteiger partial charge is 0.437 e. The lowest BCUT2D eigenvalue weighted by molar-refractivity contribution is 0.465. The van der Waals surface area contributed by atoms with E-state index in [1.165, 1.54) is 0 Å². The molecule has 2 aromatic heterocycles. The summed E-state index contributed by atoms with van der Waals surface area (Å²) in [5.74, 6) is 1.22. The van der Waals surface area contributed by atoms with Gasteiger partial charge in [-0.2, -0.15) is 0 Å².